The van der Waals surface area contributed by atoms with Crippen molar-refractivity contribution < 1.29 is 9.84 Å². The van der Waals surface area contributed by atoms with E-state index in [4.69, 9.17) is 21.4 Å². The fourth-order valence-electron chi connectivity index (χ4n) is 3.29. The van der Waals surface area contributed by atoms with Gasteiger partial charge in [0.25, 0.3) is 0 Å². The van der Waals surface area contributed by atoms with Gasteiger partial charge in [0.05, 0.1) is 16.5 Å². The van der Waals surface area contributed by atoms with Crippen LogP contribution in [-0.2, 0) is 4.74 Å². The van der Waals surface area contributed by atoms with E-state index >= 15 is 0 Å². The first-order chi connectivity index (χ1) is 10.5. The van der Waals surface area contributed by atoms with E-state index in [0.29, 0.717) is 18.2 Å². The van der Waals surface area contributed by atoms with Crippen LogP contribution in [-0.4, -0.2) is 45.2 Å². The predicted molar refractivity (Wildman–Crippen MR) is 84.2 cm³/mol. The number of nitrogens with zero attached hydrogens (tertiary/aromatic N) is 4. The Bertz CT molecular complexity index is 701. The molecule has 0 spiro atoms. The molecule has 22 heavy (non-hydrogen) atoms. The van der Waals surface area contributed by atoms with Gasteiger partial charge in [-0.05, 0) is 26.2 Å². The second-order valence-corrected chi connectivity index (χ2v) is 6.85. The number of ether oxygens (including phenoxy) is 1. The lowest BCUT2D eigenvalue weighted by molar-refractivity contribution is -0.0367. The maximum Gasteiger partial charge on any atom is 0.160 e. The lowest BCUT2D eigenvalue weighted by atomic mass is 9.97. The quantitative estimate of drug-likeness (QED) is 0.860. The Morgan fingerprint density at radius 1 is 1.41 bits per heavy atom. The largest absolute Gasteiger partial charge is 0.386 e. The van der Waals surface area contributed by atoms with Gasteiger partial charge in [0, 0.05) is 32.0 Å². The van der Waals surface area contributed by atoms with E-state index in [0.717, 1.165) is 42.6 Å². The summed E-state index contributed by atoms with van der Waals surface area (Å²) in [6.45, 7) is 3.75. The molecule has 2 aromatic heterocycles. The fraction of sp³-hybridized carbons (Fsp3) is 0.600. The molecule has 2 aliphatic rings. The Morgan fingerprint density at radius 3 is 2.91 bits per heavy atom. The number of halogens is 1. The van der Waals surface area contributed by atoms with Crippen LogP contribution < -0.4 is 4.90 Å². The van der Waals surface area contributed by atoms with Crippen molar-refractivity contribution >= 4 is 28.3 Å². The highest BCUT2D eigenvalue weighted by Gasteiger charge is 2.39. The molecule has 4 rings (SSSR count). The van der Waals surface area contributed by atoms with Gasteiger partial charge >= 0.3 is 0 Å². The average Bonchev–Trinajstić information content (AvgIpc) is 2.84. The number of rotatable bonds is 2. The molecule has 118 valence electrons. The predicted octanol–water partition coefficient (Wildman–Crippen LogP) is 2.35. The molecule has 2 aromatic rings. The van der Waals surface area contributed by atoms with E-state index in [1.807, 2.05) is 17.7 Å². The normalized spacial score (nSPS) is 24.5. The number of hydrogen-bond acceptors (Lipinski definition) is 5. The van der Waals surface area contributed by atoms with Crippen LogP contribution in [0.15, 0.2) is 12.3 Å². The number of hydrogen-bond donors (Lipinski definition) is 1. The molecule has 2 fully saturated rings. The number of fused-ring (bicyclic) bond motifs is 1. The zero-order valence-corrected chi connectivity index (χ0v) is 13.3. The van der Waals surface area contributed by atoms with Gasteiger partial charge in [-0.25, -0.2) is 9.67 Å². The maximum absolute atomic E-state index is 9.98. The molecule has 1 N–H and O–H groups in total. The van der Waals surface area contributed by atoms with E-state index in [1.165, 1.54) is 0 Å². The summed E-state index contributed by atoms with van der Waals surface area (Å²) >= 11 is 6.06. The summed E-state index contributed by atoms with van der Waals surface area (Å²) in [6, 6.07) is 1.84. The highest BCUT2D eigenvalue weighted by atomic mass is 35.5. The molecule has 7 heteroatoms. The molecule has 2 aliphatic heterocycles. The van der Waals surface area contributed by atoms with Crippen molar-refractivity contribution in [2.24, 2.45) is 0 Å². The highest BCUT2D eigenvalue weighted by Crippen LogP contribution is 2.35. The molecule has 0 bridgehead atoms. The monoisotopic (exact) mass is 322 g/mol. The van der Waals surface area contributed by atoms with Crippen LogP contribution in [0, 0.1) is 0 Å². The minimum atomic E-state index is -0.642. The summed E-state index contributed by atoms with van der Waals surface area (Å²) in [4.78, 5) is 6.25. The molecule has 1 unspecified atom stereocenters. The minimum Gasteiger partial charge on any atom is -0.386 e. The van der Waals surface area contributed by atoms with Crippen LogP contribution in [0.4, 0.5) is 5.82 Å². The van der Waals surface area contributed by atoms with E-state index in [1.54, 1.807) is 6.20 Å². The topological polar surface area (TPSA) is 63.4 Å². The second kappa shape index (κ2) is 5.08. The third-order valence-corrected chi connectivity index (χ3v) is 4.54. The summed E-state index contributed by atoms with van der Waals surface area (Å²) < 4.78 is 7.79. The number of anilines is 1. The van der Waals surface area contributed by atoms with Gasteiger partial charge in [-0.2, -0.15) is 5.10 Å². The molecule has 6 nitrogen and oxygen atoms in total. The van der Waals surface area contributed by atoms with Crippen molar-refractivity contribution in [3.63, 3.8) is 0 Å². The SMILES string of the molecule is CC1(O)CN(c2nn(C3CCCCO3)c3cc(Cl)ncc23)C1. The third-order valence-electron chi connectivity index (χ3n) is 4.33. The zero-order valence-electron chi connectivity index (χ0n) is 12.5. The molecule has 0 radical (unpaired) electrons. The van der Waals surface area contributed by atoms with Crippen LogP contribution in [0.5, 0.6) is 0 Å². The molecule has 0 amide bonds. The molecule has 0 aromatic carbocycles. The van der Waals surface area contributed by atoms with Crippen LogP contribution in [0.2, 0.25) is 5.15 Å². The summed E-state index contributed by atoms with van der Waals surface area (Å²) in [5, 5.41) is 16.1. The summed E-state index contributed by atoms with van der Waals surface area (Å²) in [5.41, 5.74) is 0.297. The zero-order chi connectivity index (χ0) is 15.3. The molecule has 4 heterocycles. The lowest BCUT2D eigenvalue weighted by Crippen LogP contribution is -2.60. The first-order valence-electron chi connectivity index (χ1n) is 7.66. The molecular weight excluding hydrogens is 304 g/mol. The summed E-state index contributed by atoms with van der Waals surface area (Å²) in [5.74, 6) is 0.847. The van der Waals surface area contributed by atoms with Gasteiger partial charge < -0.3 is 14.7 Å². The number of aliphatic hydroxyl groups is 1. The standard InChI is InChI=1S/C15H19ClN4O2/c1-15(21)8-19(9-15)14-10-7-17-12(16)6-11(10)20(18-14)13-4-2-3-5-22-13/h6-7,13,21H,2-5,8-9H2,1H3. The number of β-amino-alcohol motifs (C(OH)–C–C–N with tert-alkyl or cyclic N) is 1. The molecule has 2 saturated heterocycles. The smallest absolute Gasteiger partial charge is 0.160 e. The first kappa shape index (κ1) is 14.2. The van der Waals surface area contributed by atoms with E-state index in [2.05, 4.69) is 9.88 Å². The average molecular weight is 323 g/mol. The van der Waals surface area contributed by atoms with E-state index in [9.17, 15) is 5.11 Å². The van der Waals surface area contributed by atoms with Gasteiger partial charge in [-0.1, -0.05) is 11.6 Å². The van der Waals surface area contributed by atoms with Gasteiger partial charge in [0.15, 0.2) is 12.0 Å². The van der Waals surface area contributed by atoms with E-state index in [-0.39, 0.29) is 6.23 Å². The Labute approximate surface area is 133 Å². The van der Waals surface area contributed by atoms with Crippen molar-refractivity contribution in [3.05, 3.63) is 17.4 Å². The summed E-state index contributed by atoms with van der Waals surface area (Å²) in [7, 11) is 0. The van der Waals surface area contributed by atoms with Crippen molar-refractivity contribution in [1.82, 2.24) is 14.8 Å². The van der Waals surface area contributed by atoms with Crippen LogP contribution >= 0.6 is 11.6 Å². The first-order valence-corrected chi connectivity index (χ1v) is 8.04. The van der Waals surface area contributed by atoms with Crippen molar-refractivity contribution in [2.45, 2.75) is 38.0 Å². The summed E-state index contributed by atoms with van der Waals surface area (Å²) in [6.07, 6.45) is 4.89. The van der Waals surface area contributed by atoms with Crippen LogP contribution in [0.3, 0.4) is 0 Å². The highest BCUT2D eigenvalue weighted by molar-refractivity contribution is 6.30. The number of pyridine rings is 1. The van der Waals surface area contributed by atoms with Gasteiger partial charge in [0.1, 0.15) is 5.15 Å². The van der Waals surface area contributed by atoms with Crippen molar-refractivity contribution in [2.75, 3.05) is 24.6 Å². The Balaban J connectivity index is 1.77. The van der Waals surface area contributed by atoms with Crippen molar-refractivity contribution in [3.8, 4) is 0 Å². The lowest BCUT2D eigenvalue weighted by Gasteiger charge is -2.44. The van der Waals surface area contributed by atoms with Crippen molar-refractivity contribution in [1.29, 1.82) is 0 Å². The van der Waals surface area contributed by atoms with Gasteiger partial charge in [-0.15, -0.1) is 0 Å². The maximum atomic E-state index is 9.98. The van der Waals surface area contributed by atoms with Gasteiger partial charge in [0.2, 0.25) is 0 Å². The van der Waals surface area contributed by atoms with Gasteiger partial charge in [-0.3, -0.25) is 0 Å². The Hall–Kier alpha value is -1.37. The third kappa shape index (κ3) is 2.35. The molecule has 0 aliphatic carbocycles. The fourth-order valence-corrected chi connectivity index (χ4v) is 3.44. The second-order valence-electron chi connectivity index (χ2n) is 6.47. The number of aromatic nitrogens is 3. The van der Waals surface area contributed by atoms with Crippen LogP contribution in [0.25, 0.3) is 10.9 Å². The Morgan fingerprint density at radius 2 is 2.23 bits per heavy atom. The molecule has 0 saturated carbocycles. The van der Waals surface area contributed by atoms with Crippen LogP contribution in [0.1, 0.15) is 32.4 Å². The molecule has 1 atom stereocenters. The minimum absolute atomic E-state index is 0.0507. The van der Waals surface area contributed by atoms with E-state index < -0.39 is 5.60 Å². The Kier molecular flexibility index (Phi) is 3.29. The molecular formula is C15H19ClN4O2.